The van der Waals surface area contributed by atoms with E-state index < -0.39 is 31.9 Å². The van der Waals surface area contributed by atoms with Crippen LogP contribution in [0.3, 0.4) is 0 Å². The van der Waals surface area contributed by atoms with Gasteiger partial charge in [0.2, 0.25) is 0 Å². The number of hydrogen-bond acceptors (Lipinski definition) is 4. The molecule has 0 fully saturated rings. The third kappa shape index (κ3) is 22.5. The lowest BCUT2D eigenvalue weighted by Crippen LogP contribution is -1.95. The van der Waals surface area contributed by atoms with E-state index in [1.165, 1.54) is 6.92 Å². The smallest absolute Gasteiger partial charge is 0.303 e. The lowest BCUT2D eigenvalue weighted by Gasteiger charge is -1.86. The van der Waals surface area contributed by atoms with Gasteiger partial charge in [0.25, 0.3) is 0 Å². The number of rotatable bonds is 6. The summed E-state index contributed by atoms with van der Waals surface area (Å²) in [5.41, 5.74) is 0. The quantitative estimate of drug-likeness (QED) is 0.581. The third-order valence-corrected chi connectivity index (χ3v) is 0.874. The van der Waals surface area contributed by atoms with Crippen LogP contribution in [0.25, 0.3) is 0 Å². The molecule has 0 rings (SSSR count). The van der Waals surface area contributed by atoms with Crippen molar-refractivity contribution in [3.8, 4) is 0 Å². The van der Waals surface area contributed by atoms with E-state index in [-0.39, 0.29) is 18.6 Å². The molecule has 0 aromatic carbocycles. The molecule has 0 amide bonds. The van der Waals surface area contributed by atoms with E-state index in [2.05, 4.69) is 0 Å². The van der Waals surface area contributed by atoms with Crippen LogP contribution in [0.1, 0.15) is 38.0 Å². The Bertz CT molecular complexity index is 280. The Morgan fingerprint density at radius 2 is 1.86 bits per heavy atom. The number of carboxylic acids is 1. The predicted molar refractivity (Wildman–Crippen MR) is 51.0 cm³/mol. The van der Waals surface area contributed by atoms with Gasteiger partial charge in [0.1, 0.15) is 5.78 Å². The second kappa shape index (κ2) is 12.1. The molecule has 0 radical (unpaired) electrons. The Hall–Kier alpha value is -0.940. The van der Waals surface area contributed by atoms with Crippen molar-refractivity contribution in [3.05, 3.63) is 0 Å². The first kappa shape index (κ1) is 8.38. The molecule has 0 atom stereocenters. The van der Waals surface area contributed by atoms with Gasteiger partial charge in [0.15, 0.2) is 0 Å². The molecule has 0 spiro atoms. The first-order valence-corrected chi connectivity index (χ1v) is 3.93. The highest BCUT2D eigenvalue weighted by Gasteiger charge is 1.91. The maximum atomic E-state index is 10.3. The lowest BCUT2D eigenvalue weighted by molar-refractivity contribution is -0.137. The average Bonchev–Trinajstić information content (AvgIpc) is 2.16. The molecular formula is C9H18O5. The predicted octanol–water partition coefficient (Wildman–Crippen LogP) is 0.191. The van der Waals surface area contributed by atoms with Gasteiger partial charge in [-0.3, -0.25) is 4.79 Å². The molecule has 0 aliphatic heterocycles. The number of carbonyl (C=O) groups is 2. The van der Waals surface area contributed by atoms with Crippen molar-refractivity contribution in [1.82, 2.24) is 0 Å². The molecule has 0 aliphatic carbocycles. The van der Waals surface area contributed by atoms with Crippen molar-refractivity contribution in [3.63, 3.8) is 0 Å². The number of Topliss-reactive ketones (excluding diaryl/α,β-unsaturated/α-hetero) is 1. The Morgan fingerprint density at radius 3 is 2.00 bits per heavy atom. The third-order valence-electron chi connectivity index (χ3n) is 0.874. The maximum Gasteiger partial charge on any atom is 0.303 e. The van der Waals surface area contributed by atoms with Gasteiger partial charge in [0, 0.05) is 31.5 Å². The van der Waals surface area contributed by atoms with E-state index in [4.69, 9.17) is 20.8 Å². The van der Waals surface area contributed by atoms with Crippen LogP contribution in [0.15, 0.2) is 0 Å². The summed E-state index contributed by atoms with van der Waals surface area (Å²) in [6.45, 7) is 0.263. The SMILES string of the molecule is [2H]C([2H])(CCO)C(=O)O.[2H]C([2H])(CO)CC(C)=O. The molecule has 0 aromatic heterocycles. The first-order chi connectivity index (χ1) is 7.98. The van der Waals surface area contributed by atoms with Gasteiger partial charge in [-0.25, -0.2) is 0 Å². The van der Waals surface area contributed by atoms with Gasteiger partial charge in [-0.15, -0.1) is 0 Å². The van der Waals surface area contributed by atoms with Gasteiger partial charge in [-0.05, 0) is 19.7 Å². The Balaban J connectivity index is 0. The molecule has 14 heavy (non-hydrogen) atoms. The summed E-state index contributed by atoms with van der Waals surface area (Å²) in [6.07, 6.45) is -4.58. The van der Waals surface area contributed by atoms with E-state index in [0.717, 1.165) is 0 Å². The fourth-order valence-corrected chi connectivity index (χ4v) is 0.395. The van der Waals surface area contributed by atoms with Crippen LogP contribution >= 0.6 is 0 Å². The van der Waals surface area contributed by atoms with Gasteiger partial charge >= 0.3 is 5.97 Å². The molecule has 0 heterocycles. The van der Waals surface area contributed by atoms with Crippen molar-refractivity contribution in [2.24, 2.45) is 0 Å². The van der Waals surface area contributed by atoms with E-state index in [0.29, 0.717) is 0 Å². The van der Waals surface area contributed by atoms with Crippen LogP contribution in [0.5, 0.6) is 0 Å². The molecule has 5 nitrogen and oxygen atoms in total. The second-order valence-corrected chi connectivity index (χ2v) is 2.24. The number of aliphatic hydroxyl groups excluding tert-OH is 2. The zero-order valence-electron chi connectivity index (χ0n) is 12.0. The lowest BCUT2D eigenvalue weighted by atomic mass is 10.2. The van der Waals surface area contributed by atoms with Crippen molar-refractivity contribution in [1.29, 1.82) is 0 Å². The van der Waals surface area contributed by atoms with Crippen LogP contribution in [-0.4, -0.2) is 40.3 Å². The molecule has 0 aliphatic rings. The van der Waals surface area contributed by atoms with Crippen LogP contribution in [0.4, 0.5) is 0 Å². The van der Waals surface area contributed by atoms with Gasteiger partial charge in [-0.1, -0.05) is 0 Å². The number of aliphatic hydroxyl groups is 2. The van der Waals surface area contributed by atoms with Gasteiger partial charge in [0.05, 0.1) is 0 Å². The monoisotopic (exact) mass is 210 g/mol. The topological polar surface area (TPSA) is 94.8 Å². The molecule has 5 heteroatoms. The standard InChI is InChI=1S/C5H10O2.C4H8O3/c1-5(7)3-2-4-6;5-3-1-2-4(6)7/h6H,2-4H2,1H3;5H,1-3H2,(H,6,7)/i2*2D2. The highest BCUT2D eigenvalue weighted by atomic mass is 16.4. The summed E-state index contributed by atoms with van der Waals surface area (Å²) in [4.78, 5) is 20.2. The summed E-state index contributed by atoms with van der Waals surface area (Å²) in [6, 6.07) is 0. The minimum Gasteiger partial charge on any atom is -0.481 e. The number of carboxylic acid groups (broad SMARTS) is 1. The fraction of sp³-hybridized carbons (Fsp3) is 0.778. The largest absolute Gasteiger partial charge is 0.481 e. The van der Waals surface area contributed by atoms with E-state index >= 15 is 0 Å². The van der Waals surface area contributed by atoms with Crippen LogP contribution in [0, 0.1) is 0 Å². The summed E-state index contributed by atoms with van der Waals surface area (Å²) < 4.78 is 27.2. The molecule has 0 saturated heterocycles. The van der Waals surface area contributed by atoms with Crippen LogP contribution < -0.4 is 0 Å². The summed E-state index contributed by atoms with van der Waals surface area (Å²) in [7, 11) is 0. The number of carbonyl (C=O) groups excluding carboxylic acids is 1. The summed E-state index contributed by atoms with van der Waals surface area (Å²) in [5.74, 6) is -1.77. The Morgan fingerprint density at radius 1 is 1.29 bits per heavy atom. The number of ketones is 1. The van der Waals surface area contributed by atoms with Crippen molar-refractivity contribution >= 4 is 11.8 Å². The molecule has 84 valence electrons. The number of hydrogen-bond donors (Lipinski definition) is 3. The zero-order chi connectivity index (χ0) is 15.0. The highest BCUT2D eigenvalue weighted by Crippen LogP contribution is 1.85. The minimum absolute atomic E-state index is 0.205. The van der Waals surface area contributed by atoms with Crippen molar-refractivity contribution < 1.29 is 30.4 Å². The van der Waals surface area contributed by atoms with Gasteiger partial charge < -0.3 is 20.1 Å². The molecule has 0 saturated carbocycles. The van der Waals surface area contributed by atoms with Crippen molar-refractivity contribution in [2.45, 2.75) is 32.5 Å². The zero-order valence-corrected chi connectivity index (χ0v) is 7.99. The van der Waals surface area contributed by atoms with Gasteiger partial charge in [-0.2, -0.15) is 0 Å². The highest BCUT2D eigenvalue weighted by molar-refractivity contribution is 5.75. The second-order valence-electron chi connectivity index (χ2n) is 2.24. The minimum atomic E-state index is -2.28. The maximum absolute atomic E-state index is 10.3. The summed E-state index contributed by atoms with van der Waals surface area (Å²) in [5, 5.41) is 24.5. The molecular weight excluding hydrogens is 188 g/mol. The van der Waals surface area contributed by atoms with E-state index in [9.17, 15) is 9.59 Å². The Kier molecular flexibility index (Phi) is 7.21. The fourth-order valence-electron chi connectivity index (χ4n) is 0.395. The molecule has 0 bridgehead atoms. The van der Waals surface area contributed by atoms with E-state index in [1.54, 1.807) is 0 Å². The summed E-state index contributed by atoms with van der Waals surface area (Å²) >= 11 is 0. The van der Waals surface area contributed by atoms with Crippen LogP contribution in [0.2, 0.25) is 0 Å². The van der Waals surface area contributed by atoms with Crippen LogP contribution in [-0.2, 0) is 9.59 Å². The first-order valence-electron chi connectivity index (χ1n) is 5.93. The molecule has 0 unspecified atom stereocenters. The number of aliphatic carboxylic acids is 1. The average molecular weight is 210 g/mol. The normalized spacial score (nSPS) is 15.1. The van der Waals surface area contributed by atoms with E-state index in [1.807, 2.05) is 0 Å². The van der Waals surface area contributed by atoms with Crippen molar-refractivity contribution in [2.75, 3.05) is 13.2 Å². The molecule has 3 N–H and O–H groups in total. The Labute approximate surface area is 89.0 Å². The molecule has 0 aromatic rings.